The molecule has 0 aromatic heterocycles. The van der Waals surface area contributed by atoms with Crippen LogP contribution in [0.3, 0.4) is 0 Å². The van der Waals surface area contributed by atoms with E-state index >= 15 is 0 Å². The van der Waals surface area contributed by atoms with Gasteiger partial charge in [0, 0.05) is 20.6 Å². The molecule has 8 heavy (non-hydrogen) atoms. The van der Waals surface area contributed by atoms with Crippen LogP contribution in [0.15, 0.2) is 0 Å². The highest BCUT2D eigenvalue weighted by atomic mass is 16.5. The molecule has 1 heterocycles. The number of hydrogen-bond acceptors (Lipinski definition) is 1. The smallest absolute Gasteiger partial charge is 0.0477 e. The van der Waals surface area contributed by atoms with Crippen LogP contribution < -0.4 is 0 Å². The van der Waals surface area contributed by atoms with Crippen molar-refractivity contribution in [2.75, 3.05) is 13.2 Å². The van der Waals surface area contributed by atoms with Crippen LogP contribution in [-0.4, -0.2) is 13.2 Å². The molecule has 1 heteroatoms. The van der Waals surface area contributed by atoms with Crippen LogP contribution in [0.1, 0.15) is 14.3 Å². The molecule has 1 nitrogen and oxygen atoms in total. The number of terminal acetylenes is 1. The van der Waals surface area contributed by atoms with E-state index in [4.69, 9.17) is 11.2 Å². The molecule has 0 bridgehead atoms. The van der Waals surface area contributed by atoms with Gasteiger partial charge in [0.2, 0.25) is 0 Å². The average Bonchev–Trinajstić information content (AvgIpc) is 1.90. The Bertz CT molecular complexity index is 100.0. The van der Waals surface area contributed by atoms with Gasteiger partial charge in [0.25, 0.3) is 0 Å². The van der Waals surface area contributed by atoms with E-state index in [0.29, 0.717) is 5.92 Å². The van der Waals surface area contributed by atoms with Crippen LogP contribution >= 0.6 is 0 Å². The Labute approximate surface area is 51.5 Å². The molecule has 0 atom stereocenters. The molecule has 1 fully saturated rings. The van der Waals surface area contributed by atoms with Crippen LogP contribution in [0.2, 0.25) is 0 Å². The minimum Gasteiger partial charge on any atom is -0.381 e. The molecule has 0 spiro atoms. The Morgan fingerprint density at radius 3 is 2.50 bits per heavy atom. The van der Waals surface area contributed by atoms with Gasteiger partial charge in [0.1, 0.15) is 0 Å². The quantitative estimate of drug-likeness (QED) is 0.429. The summed E-state index contributed by atoms with van der Waals surface area (Å²) < 4.78 is 5.11. The average molecular weight is 112 g/mol. The van der Waals surface area contributed by atoms with Crippen molar-refractivity contribution in [2.45, 2.75) is 12.8 Å². The van der Waals surface area contributed by atoms with E-state index in [1.54, 1.807) is 0 Å². The molecule has 0 radical (unpaired) electrons. The van der Waals surface area contributed by atoms with Gasteiger partial charge in [-0.05, 0) is 12.8 Å². The third kappa shape index (κ3) is 1.24. The van der Waals surface area contributed by atoms with E-state index in [9.17, 15) is 0 Å². The van der Waals surface area contributed by atoms with Crippen molar-refractivity contribution < 1.29 is 6.16 Å². The summed E-state index contributed by atoms with van der Waals surface area (Å²) in [4.78, 5) is 0. The third-order valence-electron chi connectivity index (χ3n) is 1.46. The molecule has 1 aliphatic rings. The van der Waals surface area contributed by atoms with Crippen molar-refractivity contribution in [3.63, 3.8) is 0 Å². The van der Waals surface area contributed by atoms with Gasteiger partial charge in [-0.2, -0.15) is 0 Å². The lowest BCUT2D eigenvalue weighted by Crippen LogP contribution is -2.13. The highest BCUT2D eigenvalue weighted by Crippen LogP contribution is 2.11. The summed E-state index contributed by atoms with van der Waals surface area (Å²) >= 11 is 0. The fourth-order valence-electron chi connectivity index (χ4n) is 0.864. The zero-order valence-corrected chi connectivity index (χ0v) is 4.89. The van der Waals surface area contributed by atoms with E-state index in [1.807, 2.05) is 0 Å². The van der Waals surface area contributed by atoms with Gasteiger partial charge in [-0.1, -0.05) is 0 Å². The maximum absolute atomic E-state index is 5.20. The van der Waals surface area contributed by atoms with Gasteiger partial charge < -0.3 is 4.74 Å². The van der Waals surface area contributed by atoms with Gasteiger partial charge in [-0.25, -0.2) is 0 Å². The molecule has 0 N–H and O–H groups in total. The molecule has 1 aliphatic heterocycles. The van der Waals surface area contributed by atoms with Gasteiger partial charge >= 0.3 is 0 Å². The number of rotatable bonds is 0. The summed E-state index contributed by atoms with van der Waals surface area (Å²) in [7, 11) is 0. The van der Waals surface area contributed by atoms with Crippen molar-refractivity contribution in [2.24, 2.45) is 5.92 Å². The second-order valence-electron chi connectivity index (χ2n) is 2.05. The molecule has 0 aromatic rings. The first kappa shape index (κ1) is 5.65. The first-order valence-electron chi connectivity index (χ1n) is 2.97. The van der Waals surface area contributed by atoms with E-state index in [2.05, 4.69) is 5.92 Å². The fraction of sp³-hybridized carbons (Fsp3) is 0.714. The maximum Gasteiger partial charge on any atom is 0.0477 e. The molecular weight excluding hydrogens is 100 g/mol. The number of hydrogen-bond donors (Lipinski definition) is 0. The zero-order valence-electron chi connectivity index (χ0n) is 4.89. The van der Waals surface area contributed by atoms with Crippen molar-refractivity contribution in [3.8, 4) is 12.3 Å². The van der Waals surface area contributed by atoms with Gasteiger partial charge in [0.15, 0.2) is 0 Å². The van der Waals surface area contributed by atoms with E-state index < -0.39 is 0 Å². The molecule has 0 unspecified atom stereocenters. The summed E-state index contributed by atoms with van der Waals surface area (Å²) in [5, 5.41) is 0. The van der Waals surface area contributed by atoms with E-state index in [0.717, 1.165) is 26.1 Å². The van der Waals surface area contributed by atoms with Crippen molar-refractivity contribution in [3.05, 3.63) is 0 Å². The molecule has 0 saturated carbocycles. The highest BCUT2D eigenvalue weighted by molar-refractivity contribution is 4.93. The number of ether oxygens (including phenoxy) is 1. The Morgan fingerprint density at radius 1 is 1.50 bits per heavy atom. The minimum absolute atomic E-state index is 0. The topological polar surface area (TPSA) is 9.23 Å². The summed E-state index contributed by atoms with van der Waals surface area (Å²) in [6, 6.07) is 0. The summed E-state index contributed by atoms with van der Waals surface area (Å²) in [5.74, 6) is 3.21. The fourth-order valence-corrected chi connectivity index (χ4v) is 0.864. The second kappa shape index (κ2) is 2.74. The lowest BCUT2D eigenvalue weighted by atomic mass is 10.0. The lowest BCUT2D eigenvalue weighted by Gasteiger charge is -2.15. The Kier molecular flexibility index (Phi) is 1.93. The molecule has 1 saturated heterocycles. The van der Waals surface area contributed by atoms with Gasteiger partial charge in [0.05, 0.1) is 0 Å². The largest absolute Gasteiger partial charge is 0.381 e. The van der Waals surface area contributed by atoms with Crippen LogP contribution in [0.25, 0.3) is 0 Å². The monoisotopic (exact) mass is 112 g/mol. The standard InChI is InChI=1S/C7H10O.H2/c1-2-7-3-5-8-6-4-7;/h1,7H,3-6H2;1H. The zero-order chi connectivity index (χ0) is 5.82. The van der Waals surface area contributed by atoms with E-state index in [-0.39, 0.29) is 1.43 Å². The predicted molar refractivity (Wildman–Crippen MR) is 34.5 cm³/mol. The van der Waals surface area contributed by atoms with Crippen molar-refractivity contribution >= 4 is 0 Å². The normalized spacial score (nSPS) is 22.4. The first-order valence-corrected chi connectivity index (χ1v) is 2.97. The molecule has 0 aliphatic carbocycles. The van der Waals surface area contributed by atoms with Gasteiger partial charge in [-0.15, -0.1) is 12.3 Å². The predicted octanol–water partition coefficient (Wildman–Crippen LogP) is 1.29. The molecule has 0 amide bonds. The van der Waals surface area contributed by atoms with Crippen LogP contribution in [-0.2, 0) is 4.74 Å². The Hall–Kier alpha value is -0.480. The Morgan fingerprint density at radius 2 is 2.12 bits per heavy atom. The third-order valence-corrected chi connectivity index (χ3v) is 1.46. The van der Waals surface area contributed by atoms with Crippen LogP contribution in [0.5, 0.6) is 0 Å². The molecular formula is C7H12O. The van der Waals surface area contributed by atoms with Crippen molar-refractivity contribution in [1.82, 2.24) is 0 Å². The molecule has 46 valence electrons. The van der Waals surface area contributed by atoms with Gasteiger partial charge in [-0.3, -0.25) is 0 Å². The lowest BCUT2D eigenvalue weighted by molar-refractivity contribution is 0.0807. The van der Waals surface area contributed by atoms with Crippen LogP contribution in [0, 0.1) is 18.3 Å². The maximum atomic E-state index is 5.20. The SMILES string of the molecule is C#CC1CCOCC1.[HH]. The molecule has 0 aromatic carbocycles. The van der Waals surface area contributed by atoms with Crippen molar-refractivity contribution in [1.29, 1.82) is 0 Å². The first-order chi connectivity index (χ1) is 3.93. The highest BCUT2D eigenvalue weighted by Gasteiger charge is 2.09. The summed E-state index contributed by atoms with van der Waals surface area (Å²) in [5.41, 5.74) is 0. The minimum atomic E-state index is 0. The van der Waals surface area contributed by atoms with E-state index in [1.165, 1.54) is 0 Å². The summed E-state index contributed by atoms with van der Waals surface area (Å²) in [6.07, 6.45) is 7.30. The van der Waals surface area contributed by atoms with Crippen LogP contribution in [0.4, 0.5) is 0 Å². The molecule has 1 rings (SSSR count). The second-order valence-corrected chi connectivity index (χ2v) is 2.05. The summed E-state index contributed by atoms with van der Waals surface area (Å²) in [6.45, 7) is 1.71. The Balaban J connectivity index is 0.000000640.